The summed E-state index contributed by atoms with van der Waals surface area (Å²) < 4.78 is 16.2. The van der Waals surface area contributed by atoms with E-state index in [-0.39, 0.29) is 18.2 Å². The van der Waals surface area contributed by atoms with Gasteiger partial charge in [0, 0.05) is 0 Å². The number of benzene rings is 2. The van der Waals surface area contributed by atoms with Crippen molar-refractivity contribution in [1.29, 1.82) is 0 Å². The molecular weight excluding hydrogens is 336 g/mol. The lowest BCUT2D eigenvalue weighted by Gasteiger charge is -2.25. The molecule has 1 aliphatic rings. The summed E-state index contributed by atoms with van der Waals surface area (Å²) in [6.45, 7) is 0.647. The predicted octanol–water partition coefficient (Wildman–Crippen LogP) is 1.98. The molecule has 2 N–H and O–H groups in total. The van der Waals surface area contributed by atoms with Crippen molar-refractivity contribution in [3.05, 3.63) is 48.5 Å². The minimum atomic E-state index is -0.840. The summed E-state index contributed by atoms with van der Waals surface area (Å²) in [4.78, 5) is 24.0. The van der Waals surface area contributed by atoms with Gasteiger partial charge in [-0.15, -0.1) is 0 Å². The molecule has 1 unspecified atom stereocenters. The Hall–Kier alpha value is -3.22. The molecule has 136 valence electrons. The van der Waals surface area contributed by atoms with E-state index in [9.17, 15) is 9.59 Å². The van der Waals surface area contributed by atoms with Crippen molar-refractivity contribution in [1.82, 2.24) is 5.32 Å². The number of ether oxygens (including phenoxy) is 3. The van der Waals surface area contributed by atoms with Gasteiger partial charge in [-0.2, -0.15) is 0 Å². The van der Waals surface area contributed by atoms with Gasteiger partial charge in [0.1, 0.15) is 23.9 Å². The maximum Gasteiger partial charge on any atom is 0.266 e. The Morgan fingerprint density at radius 1 is 1.15 bits per heavy atom. The molecule has 0 spiro atoms. The molecule has 0 bridgehead atoms. The zero-order valence-electron chi connectivity index (χ0n) is 14.4. The number of amides is 2. The van der Waals surface area contributed by atoms with Crippen LogP contribution < -0.4 is 24.8 Å². The van der Waals surface area contributed by atoms with Crippen LogP contribution >= 0.6 is 0 Å². The van der Waals surface area contributed by atoms with E-state index in [2.05, 4.69) is 10.6 Å². The van der Waals surface area contributed by atoms with E-state index < -0.39 is 6.10 Å². The van der Waals surface area contributed by atoms with Crippen LogP contribution in [-0.4, -0.2) is 38.2 Å². The fraction of sp³-hybridized carbons (Fsp3) is 0.263. The summed E-state index contributed by atoms with van der Waals surface area (Å²) in [5.41, 5.74) is 0.613. The summed E-state index contributed by atoms with van der Waals surface area (Å²) in [7, 11) is 1.60. The molecule has 3 rings (SSSR count). The summed E-state index contributed by atoms with van der Waals surface area (Å²) in [5, 5.41) is 5.45. The molecule has 2 aromatic rings. The van der Waals surface area contributed by atoms with Gasteiger partial charge in [0.05, 0.1) is 25.8 Å². The molecule has 1 atom stereocenters. The van der Waals surface area contributed by atoms with Crippen molar-refractivity contribution in [3.63, 3.8) is 0 Å². The van der Waals surface area contributed by atoms with E-state index in [1.54, 1.807) is 49.6 Å². The Morgan fingerprint density at radius 3 is 2.65 bits per heavy atom. The second-order valence-electron chi connectivity index (χ2n) is 5.67. The number of fused-ring (bicyclic) bond motifs is 1. The summed E-state index contributed by atoms with van der Waals surface area (Å²) in [6.07, 6.45) is -0.893. The molecule has 7 heteroatoms. The van der Waals surface area contributed by atoms with Gasteiger partial charge in [-0.1, -0.05) is 12.1 Å². The van der Waals surface area contributed by atoms with Gasteiger partial charge in [0.25, 0.3) is 5.91 Å². The molecule has 1 aliphatic heterocycles. The first-order valence-electron chi connectivity index (χ1n) is 8.26. The smallest absolute Gasteiger partial charge is 0.266 e. The third-order valence-electron chi connectivity index (χ3n) is 3.83. The molecule has 0 saturated carbocycles. The topological polar surface area (TPSA) is 85.9 Å². The average molecular weight is 356 g/mol. The number of para-hydroxylation sites is 2. The normalized spacial score (nSPS) is 15.3. The van der Waals surface area contributed by atoms with Crippen molar-refractivity contribution in [3.8, 4) is 17.2 Å². The highest BCUT2D eigenvalue weighted by molar-refractivity contribution is 5.99. The van der Waals surface area contributed by atoms with Crippen LogP contribution in [0, 0.1) is 0 Å². The Balaban J connectivity index is 1.41. The summed E-state index contributed by atoms with van der Waals surface area (Å²) in [6, 6.07) is 14.3. The first-order chi connectivity index (χ1) is 12.7. The average Bonchev–Trinajstić information content (AvgIpc) is 2.66. The third kappa shape index (κ3) is 4.44. The Morgan fingerprint density at radius 2 is 1.88 bits per heavy atom. The van der Waals surface area contributed by atoms with E-state index in [1.807, 2.05) is 6.07 Å². The molecular formula is C19H20N2O5. The van der Waals surface area contributed by atoms with Crippen molar-refractivity contribution in [2.75, 3.05) is 25.6 Å². The number of hydrogen-bond donors (Lipinski definition) is 2. The molecule has 7 nitrogen and oxygen atoms in total. The number of carbonyl (C=O) groups excluding carboxylic acids is 2. The van der Waals surface area contributed by atoms with Gasteiger partial charge in [-0.05, 0) is 36.4 Å². The van der Waals surface area contributed by atoms with Gasteiger partial charge in [0.2, 0.25) is 5.91 Å². The van der Waals surface area contributed by atoms with Crippen LogP contribution in [0.25, 0.3) is 0 Å². The van der Waals surface area contributed by atoms with Gasteiger partial charge < -0.3 is 24.8 Å². The Bertz CT molecular complexity index is 776. The summed E-state index contributed by atoms with van der Waals surface area (Å²) in [5.74, 6) is 1.40. The second kappa shape index (κ2) is 8.24. The molecule has 0 aliphatic carbocycles. The van der Waals surface area contributed by atoms with Crippen molar-refractivity contribution in [2.45, 2.75) is 12.5 Å². The zero-order valence-corrected chi connectivity index (χ0v) is 14.4. The first-order valence-corrected chi connectivity index (χ1v) is 8.26. The standard InChI is InChI=1S/C19H20N2O5/c1-24-13-6-8-14(9-7-13)25-11-10-20-18(22)12-17-19(23)21-15-4-2-3-5-16(15)26-17/h2-9,17H,10-12H2,1H3,(H,20,22)(H,21,23). The van der Waals surface area contributed by atoms with Gasteiger partial charge in [-0.25, -0.2) is 0 Å². The summed E-state index contributed by atoms with van der Waals surface area (Å²) >= 11 is 0. The molecule has 2 aromatic carbocycles. The molecule has 2 amide bonds. The molecule has 1 heterocycles. The van der Waals surface area contributed by atoms with Gasteiger partial charge in [-0.3, -0.25) is 9.59 Å². The second-order valence-corrected chi connectivity index (χ2v) is 5.67. The predicted molar refractivity (Wildman–Crippen MR) is 95.6 cm³/mol. The van der Waals surface area contributed by atoms with Crippen LogP contribution in [0.1, 0.15) is 6.42 Å². The highest BCUT2D eigenvalue weighted by atomic mass is 16.5. The number of carbonyl (C=O) groups is 2. The molecule has 0 saturated heterocycles. The van der Waals surface area contributed by atoms with Crippen LogP contribution in [0.5, 0.6) is 17.2 Å². The van der Waals surface area contributed by atoms with Crippen LogP contribution in [0.4, 0.5) is 5.69 Å². The number of hydrogen-bond acceptors (Lipinski definition) is 5. The first kappa shape index (κ1) is 17.6. The highest BCUT2D eigenvalue weighted by Crippen LogP contribution is 2.29. The molecule has 0 aromatic heterocycles. The maximum atomic E-state index is 12.0. The molecule has 0 fully saturated rings. The Labute approximate surface area is 151 Å². The van der Waals surface area contributed by atoms with Crippen molar-refractivity contribution in [2.24, 2.45) is 0 Å². The number of anilines is 1. The van der Waals surface area contributed by atoms with Crippen molar-refractivity contribution >= 4 is 17.5 Å². The van der Waals surface area contributed by atoms with E-state index in [0.29, 0.717) is 30.3 Å². The quantitative estimate of drug-likeness (QED) is 0.741. The SMILES string of the molecule is COc1ccc(OCCNC(=O)CC2Oc3ccccc3NC2=O)cc1. The maximum absolute atomic E-state index is 12.0. The fourth-order valence-corrected chi connectivity index (χ4v) is 2.50. The lowest BCUT2D eigenvalue weighted by Crippen LogP contribution is -2.41. The van der Waals surface area contributed by atoms with Gasteiger partial charge in [0.15, 0.2) is 6.10 Å². The lowest BCUT2D eigenvalue weighted by atomic mass is 10.1. The van der Waals surface area contributed by atoms with Gasteiger partial charge >= 0.3 is 0 Å². The van der Waals surface area contributed by atoms with E-state index >= 15 is 0 Å². The van der Waals surface area contributed by atoms with Crippen LogP contribution in [0.3, 0.4) is 0 Å². The third-order valence-corrected chi connectivity index (χ3v) is 3.83. The van der Waals surface area contributed by atoms with E-state index in [0.717, 1.165) is 5.75 Å². The Kier molecular flexibility index (Phi) is 5.58. The monoisotopic (exact) mass is 356 g/mol. The number of rotatable bonds is 7. The van der Waals surface area contributed by atoms with Crippen LogP contribution in [0.15, 0.2) is 48.5 Å². The minimum Gasteiger partial charge on any atom is -0.497 e. The minimum absolute atomic E-state index is 0.0529. The zero-order chi connectivity index (χ0) is 18.4. The van der Waals surface area contributed by atoms with E-state index in [1.165, 1.54) is 0 Å². The fourth-order valence-electron chi connectivity index (χ4n) is 2.50. The largest absolute Gasteiger partial charge is 0.497 e. The number of nitrogens with one attached hydrogen (secondary N) is 2. The van der Waals surface area contributed by atoms with Crippen LogP contribution in [-0.2, 0) is 9.59 Å². The van der Waals surface area contributed by atoms with E-state index in [4.69, 9.17) is 14.2 Å². The molecule has 26 heavy (non-hydrogen) atoms. The van der Waals surface area contributed by atoms with Crippen LogP contribution in [0.2, 0.25) is 0 Å². The lowest BCUT2D eigenvalue weighted by molar-refractivity contribution is -0.130. The highest BCUT2D eigenvalue weighted by Gasteiger charge is 2.29. The van der Waals surface area contributed by atoms with Crippen molar-refractivity contribution < 1.29 is 23.8 Å². The molecule has 0 radical (unpaired) electrons. The number of methoxy groups -OCH3 is 1.